The molecule has 0 bridgehead atoms. The van der Waals surface area contributed by atoms with Gasteiger partial charge in [0.05, 0.1) is 11.8 Å². The Morgan fingerprint density at radius 3 is 2.87 bits per heavy atom. The summed E-state index contributed by atoms with van der Waals surface area (Å²) in [6.07, 6.45) is 0.458. The van der Waals surface area contributed by atoms with Crippen LogP contribution in [0.1, 0.15) is 18.7 Å². The van der Waals surface area contributed by atoms with Gasteiger partial charge in [-0.3, -0.25) is 4.79 Å². The Kier molecular flexibility index (Phi) is 5.12. The zero-order valence-electron chi connectivity index (χ0n) is 9.00. The van der Waals surface area contributed by atoms with E-state index in [9.17, 15) is 4.79 Å². The molecule has 2 nitrogen and oxygen atoms in total. The predicted octanol–water partition coefficient (Wildman–Crippen LogP) is 2.67. The molecule has 1 heterocycles. The van der Waals surface area contributed by atoms with Gasteiger partial charge in [0.25, 0.3) is 0 Å². The summed E-state index contributed by atoms with van der Waals surface area (Å²) in [4.78, 5) is 12.6. The molecule has 0 saturated heterocycles. The van der Waals surface area contributed by atoms with Crippen LogP contribution in [0.5, 0.6) is 0 Å². The molecule has 0 saturated carbocycles. The maximum absolute atomic E-state index is 11.5. The van der Waals surface area contributed by atoms with Gasteiger partial charge < -0.3 is 5.32 Å². The Morgan fingerprint density at radius 2 is 2.33 bits per heavy atom. The Balaban J connectivity index is 2.25. The molecule has 0 spiro atoms. The van der Waals surface area contributed by atoms with Gasteiger partial charge >= 0.3 is 0 Å². The number of carbonyl (C=O) groups excluding carboxylic acids is 1. The van der Waals surface area contributed by atoms with E-state index in [0.29, 0.717) is 18.9 Å². The SMILES string of the molecule is CC(C)C(Cl)CNC(=O)Cc1cccs1. The fourth-order valence-electron chi connectivity index (χ4n) is 1.08. The second-order valence-corrected chi connectivity index (χ2v) is 5.41. The zero-order chi connectivity index (χ0) is 11.3. The third-order valence-electron chi connectivity index (χ3n) is 2.13. The van der Waals surface area contributed by atoms with Crippen LogP contribution in [0, 0.1) is 5.92 Å². The third kappa shape index (κ3) is 4.67. The van der Waals surface area contributed by atoms with E-state index in [0.717, 1.165) is 4.88 Å². The highest BCUT2D eigenvalue weighted by Gasteiger charge is 2.11. The summed E-state index contributed by atoms with van der Waals surface area (Å²) in [6.45, 7) is 4.63. The van der Waals surface area contributed by atoms with Crippen molar-refractivity contribution in [3.05, 3.63) is 22.4 Å². The first-order valence-electron chi connectivity index (χ1n) is 5.02. The smallest absolute Gasteiger partial charge is 0.225 e. The average Bonchev–Trinajstić information content (AvgIpc) is 2.66. The van der Waals surface area contributed by atoms with E-state index in [1.165, 1.54) is 0 Å². The third-order valence-corrected chi connectivity index (χ3v) is 3.67. The van der Waals surface area contributed by atoms with Crippen molar-refractivity contribution in [2.75, 3.05) is 6.54 Å². The first-order valence-corrected chi connectivity index (χ1v) is 6.34. The molecule has 1 N–H and O–H groups in total. The molecule has 4 heteroatoms. The van der Waals surface area contributed by atoms with Crippen LogP contribution in [0.3, 0.4) is 0 Å². The van der Waals surface area contributed by atoms with Crippen molar-refractivity contribution in [2.24, 2.45) is 5.92 Å². The van der Waals surface area contributed by atoms with Crippen molar-refractivity contribution in [1.82, 2.24) is 5.32 Å². The summed E-state index contributed by atoms with van der Waals surface area (Å²) in [5.74, 6) is 0.428. The van der Waals surface area contributed by atoms with Crippen LogP contribution >= 0.6 is 22.9 Å². The first-order chi connectivity index (χ1) is 7.09. The standard InChI is InChI=1S/C11H16ClNOS/c1-8(2)10(12)7-13-11(14)6-9-4-3-5-15-9/h3-5,8,10H,6-7H2,1-2H3,(H,13,14). The molecule has 1 unspecified atom stereocenters. The van der Waals surface area contributed by atoms with Gasteiger partial charge in [0.1, 0.15) is 0 Å². The number of hydrogen-bond donors (Lipinski definition) is 1. The van der Waals surface area contributed by atoms with Crippen LogP contribution < -0.4 is 5.32 Å². The molecule has 0 aliphatic rings. The lowest BCUT2D eigenvalue weighted by atomic mass is 10.1. The van der Waals surface area contributed by atoms with Gasteiger partial charge in [-0.2, -0.15) is 0 Å². The van der Waals surface area contributed by atoms with E-state index in [4.69, 9.17) is 11.6 Å². The topological polar surface area (TPSA) is 29.1 Å². The van der Waals surface area contributed by atoms with Crippen molar-refractivity contribution in [2.45, 2.75) is 25.6 Å². The van der Waals surface area contributed by atoms with Crippen molar-refractivity contribution in [3.63, 3.8) is 0 Å². The number of rotatable bonds is 5. The second kappa shape index (κ2) is 6.13. The number of carbonyl (C=O) groups is 1. The Bertz CT molecular complexity index is 298. The van der Waals surface area contributed by atoms with Crippen molar-refractivity contribution in [1.29, 1.82) is 0 Å². The van der Waals surface area contributed by atoms with Crippen molar-refractivity contribution in [3.8, 4) is 0 Å². The lowest BCUT2D eigenvalue weighted by Gasteiger charge is -2.13. The number of nitrogens with one attached hydrogen (secondary N) is 1. The molecule has 0 aromatic carbocycles. The number of hydrogen-bond acceptors (Lipinski definition) is 2. The molecule has 84 valence electrons. The number of amides is 1. The number of alkyl halides is 1. The minimum absolute atomic E-state index is 0.0114. The van der Waals surface area contributed by atoms with Crippen LogP contribution in [-0.4, -0.2) is 17.8 Å². The van der Waals surface area contributed by atoms with Gasteiger partial charge in [0.2, 0.25) is 5.91 Å². The maximum atomic E-state index is 11.5. The fraction of sp³-hybridized carbons (Fsp3) is 0.545. The van der Waals surface area contributed by atoms with Crippen LogP contribution in [0.15, 0.2) is 17.5 Å². The Hall–Kier alpha value is -0.540. The monoisotopic (exact) mass is 245 g/mol. The van der Waals surface area contributed by atoms with Gasteiger partial charge in [-0.1, -0.05) is 19.9 Å². The predicted molar refractivity (Wildman–Crippen MR) is 65.5 cm³/mol. The summed E-state index contributed by atoms with van der Waals surface area (Å²) in [5.41, 5.74) is 0. The number of halogens is 1. The molecule has 0 aliphatic carbocycles. The summed E-state index contributed by atoms with van der Waals surface area (Å²) in [6, 6.07) is 3.91. The van der Waals surface area contributed by atoms with E-state index in [1.807, 2.05) is 31.4 Å². The molecular weight excluding hydrogens is 230 g/mol. The molecule has 0 aliphatic heterocycles. The van der Waals surface area contributed by atoms with Gasteiger partial charge in [-0.25, -0.2) is 0 Å². The summed E-state index contributed by atoms with van der Waals surface area (Å²) >= 11 is 7.63. The van der Waals surface area contributed by atoms with Gasteiger partial charge in [-0.05, 0) is 17.4 Å². The second-order valence-electron chi connectivity index (χ2n) is 3.82. The normalized spacial score (nSPS) is 12.8. The Morgan fingerprint density at radius 1 is 1.60 bits per heavy atom. The summed E-state index contributed by atoms with van der Waals surface area (Å²) in [5, 5.41) is 4.82. The van der Waals surface area contributed by atoms with E-state index >= 15 is 0 Å². The highest BCUT2D eigenvalue weighted by molar-refractivity contribution is 7.10. The summed E-state index contributed by atoms with van der Waals surface area (Å²) < 4.78 is 0. The largest absolute Gasteiger partial charge is 0.354 e. The molecule has 1 rings (SSSR count). The molecule has 0 radical (unpaired) electrons. The van der Waals surface area contributed by atoms with Crippen LogP contribution in [0.4, 0.5) is 0 Å². The highest BCUT2D eigenvalue weighted by atomic mass is 35.5. The number of thiophene rings is 1. The van der Waals surface area contributed by atoms with E-state index in [-0.39, 0.29) is 11.3 Å². The molecule has 0 fully saturated rings. The zero-order valence-corrected chi connectivity index (χ0v) is 10.6. The van der Waals surface area contributed by atoms with Gasteiger partial charge in [-0.15, -0.1) is 22.9 Å². The van der Waals surface area contributed by atoms with Crippen LogP contribution in [0.2, 0.25) is 0 Å². The Labute approximate surface area is 99.6 Å². The molecule has 1 aromatic rings. The summed E-state index contributed by atoms with van der Waals surface area (Å²) in [7, 11) is 0. The van der Waals surface area contributed by atoms with Crippen molar-refractivity contribution >= 4 is 28.8 Å². The molecule has 1 aromatic heterocycles. The lowest BCUT2D eigenvalue weighted by molar-refractivity contribution is -0.120. The van der Waals surface area contributed by atoms with E-state index in [1.54, 1.807) is 11.3 Å². The quantitative estimate of drug-likeness (QED) is 0.794. The highest BCUT2D eigenvalue weighted by Crippen LogP contribution is 2.10. The first kappa shape index (κ1) is 12.5. The van der Waals surface area contributed by atoms with Gasteiger partial charge in [0, 0.05) is 11.4 Å². The van der Waals surface area contributed by atoms with Crippen LogP contribution in [-0.2, 0) is 11.2 Å². The lowest BCUT2D eigenvalue weighted by Crippen LogP contribution is -2.32. The minimum atomic E-state index is 0.0114. The van der Waals surface area contributed by atoms with E-state index < -0.39 is 0 Å². The molecule has 15 heavy (non-hydrogen) atoms. The van der Waals surface area contributed by atoms with Crippen molar-refractivity contribution < 1.29 is 4.79 Å². The van der Waals surface area contributed by atoms with E-state index in [2.05, 4.69) is 5.32 Å². The molecular formula is C11H16ClNOS. The molecule has 1 amide bonds. The molecule has 1 atom stereocenters. The average molecular weight is 246 g/mol. The van der Waals surface area contributed by atoms with Gasteiger partial charge in [0.15, 0.2) is 0 Å². The fourth-order valence-corrected chi connectivity index (χ4v) is 1.86. The van der Waals surface area contributed by atoms with Crippen LogP contribution in [0.25, 0.3) is 0 Å². The minimum Gasteiger partial charge on any atom is -0.354 e. The maximum Gasteiger partial charge on any atom is 0.225 e.